The van der Waals surface area contributed by atoms with Crippen LogP contribution in [0.3, 0.4) is 0 Å². The number of carbonyl (C=O) groups excluding carboxylic acids is 2. The van der Waals surface area contributed by atoms with Gasteiger partial charge in [-0.15, -0.1) is 0 Å². The smallest absolute Gasteiger partial charge is 0.366 e. The number of halogens is 3. The molecule has 2 heterocycles. The first-order chi connectivity index (χ1) is 18.0. The number of benzene rings is 2. The molecule has 1 saturated heterocycles. The summed E-state index contributed by atoms with van der Waals surface area (Å²) in [4.78, 5) is 42.4. The number of amides is 2. The van der Waals surface area contributed by atoms with Crippen LogP contribution in [0.4, 0.5) is 18.9 Å². The standard InChI is InChI=1S/C26H26F3N5O4/c1-16(35)33-14-12-32(13-15-33)11-10-20-22(25(30)36)24(19-4-2-3-5-21(19)34(37)38)31-23(20)17-6-8-18(9-7-17)26(27,28)29/h2-9,31H,10-15H2,1H3,(H2,30,36). The summed E-state index contributed by atoms with van der Waals surface area (Å²) in [5.41, 5.74) is 6.23. The van der Waals surface area contributed by atoms with Crippen LogP contribution in [0.15, 0.2) is 48.5 Å². The van der Waals surface area contributed by atoms with Crippen LogP contribution < -0.4 is 5.73 Å². The fraction of sp³-hybridized carbons (Fsp3) is 0.308. The second kappa shape index (κ2) is 10.7. The van der Waals surface area contributed by atoms with Gasteiger partial charge in [0.2, 0.25) is 5.91 Å². The zero-order valence-corrected chi connectivity index (χ0v) is 20.5. The Morgan fingerprint density at radius 3 is 2.21 bits per heavy atom. The Balaban J connectivity index is 1.78. The van der Waals surface area contributed by atoms with E-state index in [0.29, 0.717) is 56.0 Å². The minimum absolute atomic E-state index is 0.00927. The predicted molar refractivity (Wildman–Crippen MR) is 134 cm³/mol. The van der Waals surface area contributed by atoms with Gasteiger partial charge in [0.05, 0.1) is 27.3 Å². The van der Waals surface area contributed by atoms with E-state index in [1.54, 1.807) is 11.0 Å². The summed E-state index contributed by atoms with van der Waals surface area (Å²) >= 11 is 0. The lowest BCUT2D eigenvalue weighted by atomic mass is 9.97. The van der Waals surface area contributed by atoms with Crippen molar-refractivity contribution < 1.29 is 27.7 Å². The van der Waals surface area contributed by atoms with Crippen LogP contribution in [0.25, 0.3) is 22.5 Å². The molecule has 0 spiro atoms. The van der Waals surface area contributed by atoms with Gasteiger partial charge >= 0.3 is 6.18 Å². The van der Waals surface area contributed by atoms with Crippen molar-refractivity contribution in [3.05, 3.63) is 75.3 Å². The molecule has 2 aromatic carbocycles. The average Bonchev–Trinajstić information content (AvgIpc) is 3.27. The molecule has 9 nitrogen and oxygen atoms in total. The van der Waals surface area contributed by atoms with Crippen molar-refractivity contribution in [3.8, 4) is 22.5 Å². The van der Waals surface area contributed by atoms with Gasteiger partial charge in [0.25, 0.3) is 11.6 Å². The van der Waals surface area contributed by atoms with Gasteiger partial charge < -0.3 is 15.6 Å². The Hall–Kier alpha value is -4.19. The molecular formula is C26H26F3N5O4. The Morgan fingerprint density at radius 1 is 1.03 bits per heavy atom. The lowest BCUT2D eigenvalue weighted by molar-refractivity contribution is -0.384. The summed E-state index contributed by atoms with van der Waals surface area (Å²) in [6, 6.07) is 10.3. The number of para-hydroxylation sites is 1. The van der Waals surface area contributed by atoms with Crippen LogP contribution in [0, 0.1) is 10.1 Å². The number of H-pyrrole nitrogens is 1. The number of aromatic amines is 1. The third-order valence-electron chi connectivity index (χ3n) is 6.72. The topological polar surface area (TPSA) is 126 Å². The van der Waals surface area contributed by atoms with E-state index in [1.165, 1.54) is 37.3 Å². The highest BCUT2D eigenvalue weighted by atomic mass is 19.4. The third kappa shape index (κ3) is 5.54. The zero-order chi connectivity index (χ0) is 27.6. The van der Waals surface area contributed by atoms with Crippen molar-refractivity contribution in [2.75, 3.05) is 32.7 Å². The van der Waals surface area contributed by atoms with Crippen LogP contribution in [0.1, 0.15) is 28.4 Å². The van der Waals surface area contributed by atoms with Crippen LogP contribution in [-0.4, -0.2) is 64.2 Å². The number of carbonyl (C=O) groups is 2. The number of primary amides is 1. The summed E-state index contributed by atoms with van der Waals surface area (Å²) in [6.45, 7) is 4.32. The zero-order valence-electron chi connectivity index (χ0n) is 20.5. The van der Waals surface area contributed by atoms with Gasteiger partial charge in [-0.05, 0) is 35.7 Å². The van der Waals surface area contributed by atoms with E-state index in [9.17, 15) is 32.9 Å². The van der Waals surface area contributed by atoms with Crippen molar-refractivity contribution in [2.24, 2.45) is 5.73 Å². The lowest BCUT2D eigenvalue weighted by Crippen LogP contribution is -2.48. The Labute approximate surface area is 216 Å². The van der Waals surface area contributed by atoms with Crippen molar-refractivity contribution >= 4 is 17.5 Å². The van der Waals surface area contributed by atoms with E-state index in [1.807, 2.05) is 0 Å². The molecule has 1 fully saturated rings. The van der Waals surface area contributed by atoms with Crippen LogP contribution >= 0.6 is 0 Å². The molecule has 1 aromatic heterocycles. The number of hydrogen-bond acceptors (Lipinski definition) is 5. The van der Waals surface area contributed by atoms with Gasteiger partial charge in [0.1, 0.15) is 0 Å². The Morgan fingerprint density at radius 2 is 1.66 bits per heavy atom. The number of piperazine rings is 1. The van der Waals surface area contributed by atoms with E-state index >= 15 is 0 Å². The number of rotatable bonds is 7. The molecule has 0 unspecified atom stereocenters. The number of nitrogens with two attached hydrogens (primary N) is 1. The maximum atomic E-state index is 13.2. The SMILES string of the molecule is CC(=O)N1CCN(CCc2c(-c3ccc(C(F)(F)F)cc3)[nH]c(-c3ccccc3[N+](=O)[O-])c2C(N)=O)CC1. The van der Waals surface area contributed by atoms with Crippen molar-refractivity contribution in [1.82, 2.24) is 14.8 Å². The summed E-state index contributed by atoms with van der Waals surface area (Å²) in [5, 5.41) is 11.7. The molecule has 0 saturated carbocycles. The predicted octanol–water partition coefficient (Wildman–Crippen LogP) is 4.08. The second-order valence-electron chi connectivity index (χ2n) is 9.04. The monoisotopic (exact) mass is 529 g/mol. The highest BCUT2D eigenvalue weighted by molar-refractivity contribution is 6.03. The van der Waals surface area contributed by atoms with E-state index in [4.69, 9.17) is 5.73 Å². The molecule has 0 radical (unpaired) electrons. The largest absolute Gasteiger partial charge is 0.416 e. The number of hydrogen-bond donors (Lipinski definition) is 2. The van der Waals surface area contributed by atoms with Crippen LogP contribution in [-0.2, 0) is 17.4 Å². The fourth-order valence-corrected chi connectivity index (χ4v) is 4.74. The normalized spacial score (nSPS) is 14.5. The van der Waals surface area contributed by atoms with Crippen molar-refractivity contribution in [2.45, 2.75) is 19.5 Å². The first-order valence-electron chi connectivity index (χ1n) is 11.9. The van der Waals surface area contributed by atoms with E-state index in [0.717, 1.165) is 12.1 Å². The van der Waals surface area contributed by atoms with Gasteiger partial charge in [-0.3, -0.25) is 24.6 Å². The van der Waals surface area contributed by atoms with E-state index in [2.05, 4.69) is 9.88 Å². The van der Waals surface area contributed by atoms with Crippen LogP contribution in [0.5, 0.6) is 0 Å². The summed E-state index contributed by atoms with van der Waals surface area (Å²) in [7, 11) is 0. The molecule has 38 heavy (non-hydrogen) atoms. The van der Waals surface area contributed by atoms with Gasteiger partial charge in [0, 0.05) is 51.4 Å². The molecule has 1 aliphatic heterocycles. The molecule has 1 aliphatic rings. The lowest BCUT2D eigenvalue weighted by Gasteiger charge is -2.34. The maximum absolute atomic E-state index is 13.2. The number of alkyl halides is 3. The molecular weight excluding hydrogens is 503 g/mol. The number of nitro groups is 1. The molecule has 3 N–H and O–H groups in total. The molecule has 0 aliphatic carbocycles. The van der Waals surface area contributed by atoms with Gasteiger partial charge in [0.15, 0.2) is 0 Å². The molecule has 3 aromatic rings. The summed E-state index contributed by atoms with van der Waals surface area (Å²) in [6.07, 6.45) is -4.22. The van der Waals surface area contributed by atoms with Gasteiger partial charge in [-0.2, -0.15) is 13.2 Å². The quantitative estimate of drug-likeness (QED) is 0.352. The first kappa shape index (κ1) is 26.9. The average molecular weight is 530 g/mol. The van der Waals surface area contributed by atoms with Crippen LogP contribution in [0.2, 0.25) is 0 Å². The first-order valence-corrected chi connectivity index (χ1v) is 11.9. The number of aromatic nitrogens is 1. The minimum Gasteiger partial charge on any atom is -0.366 e. The van der Waals surface area contributed by atoms with Crippen molar-refractivity contribution in [3.63, 3.8) is 0 Å². The highest BCUT2D eigenvalue weighted by Gasteiger charge is 2.31. The van der Waals surface area contributed by atoms with Crippen molar-refractivity contribution in [1.29, 1.82) is 0 Å². The van der Waals surface area contributed by atoms with Gasteiger partial charge in [-0.1, -0.05) is 24.3 Å². The van der Waals surface area contributed by atoms with Gasteiger partial charge in [-0.25, -0.2) is 0 Å². The number of nitrogens with zero attached hydrogens (tertiary/aromatic N) is 3. The Kier molecular flexibility index (Phi) is 7.53. The fourth-order valence-electron chi connectivity index (χ4n) is 4.74. The third-order valence-corrected chi connectivity index (χ3v) is 6.72. The number of nitro benzene ring substituents is 1. The second-order valence-corrected chi connectivity index (χ2v) is 9.04. The summed E-state index contributed by atoms with van der Waals surface area (Å²) in [5.74, 6) is -0.825. The molecule has 4 rings (SSSR count). The molecule has 12 heteroatoms. The maximum Gasteiger partial charge on any atom is 0.416 e. The highest BCUT2D eigenvalue weighted by Crippen LogP contribution is 2.39. The molecule has 2 amide bonds. The molecule has 0 atom stereocenters. The molecule has 200 valence electrons. The van der Waals surface area contributed by atoms with E-state index < -0.39 is 22.6 Å². The Bertz CT molecular complexity index is 1360. The van der Waals surface area contributed by atoms with E-state index in [-0.39, 0.29) is 28.4 Å². The summed E-state index contributed by atoms with van der Waals surface area (Å²) < 4.78 is 39.5. The minimum atomic E-state index is -4.52. The molecule has 0 bridgehead atoms. The number of nitrogens with one attached hydrogen (secondary N) is 1.